The Kier molecular flexibility index (Phi) is 6.63. The molecule has 2 aliphatic rings. The normalized spacial score (nSPS) is 22.1. The number of methoxy groups -OCH3 is 1. The van der Waals surface area contributed by atoms with Gasteiger partial charge < -0.3 is 20.1 Å². The topological polar surface area (TPSA) is 68.3 Å². The van der Waals surface area contributed by atoms with Crippen LogP contribution < -0.4 is 20.1 Å². The standard InChI is InChI=1S/C22H22Cl2N4O2.ClH/c1-29-20-7-16-19(8-21(20)30-15-4-12-9-25-10-13(12)5-15)26-11-27-22(16)28-14-2-3-17(23)18(24)6-14;/h2-3,6-8,11-13,15,25H,4-5,9-10H2,1H3,(H,26,27,28);1H/t12-,13+,15+;. The maximum atomic E-state index is 6.36. The highest BCUT2D eigenvalue weighted by molar-refractivity contribution is 6.42. The largest absolute Gasteiger partial charge is 0.493 e. The average molecular weight is 482 g/mol. The van der Waals surface area contributed by atoms with Gasteiger partial charge in [0, 0.05) is 17.1 Å². The molecule has 3 aromatic rings. The van der Waals surface area contributed by atoms with Crippen molar-refractivity contribution in [3.05, 3.63) is 46.7 Å². The lowest BCUT2D eigenvalue weighted by Crippen LogP contribution is -2.18. The van der Waals surface area contributed by atoms with Gasteiger partial charge >= 0.3 is 0 Å². The monoisotopic (exact) mass is 480 g/mol. The lowest BCUT2D eigenvalue weighted by Gasteiger charge is -2.18. The summed E-state index contributed by atoms with van der Waals surface area (Å²) >= 11 is 12.2. The van der Waals surface area contributed by atoms with E-state index in [1.165, 1.54) is 6.33 Å². The zero-order chi connectivity index (χ0) is 20.7. The van der Waals surface area contributed by atoms with Gasteiger partial charge in [-0.3, -0.25) is 0 Å². The second-order valence-corrected chi connectivity index (χ2v) is 8.70. The van der Waals surface area contributed by atoms with Crippen molar-refractivity contribution >= 4 is 58.0 Å². The molecular formula is C22H23Cl3N4O2. The van der Waals surface area contributed by atoms with Crippen LogP contribution in [0, 0.1) is 11.8 Å². The molecule has 2 fully saturated rings. The summed E-state index contributed by atoms with van der Waals surface area (Å²) in [4.78, 5) is 8.84. The van der Waals surface area contributed by atoms with Crippen LogP contribution in [0.4, 0.5) is 11.5 Å². The van der Waals surface area contributed by atoms with Crippen molar-refractivity contribution in [2.24, 2.45) is 11.8 Å². The molecule has 2 heterocycles. The molecule has 3 atom stereocenters. The third-order valence-corrected chi connectivity index (χ3v) is 6.75. The molecule has 0 amide bonds. The van der Waals surface area contributed by atoms with E-state index >= 15 is 0 Å². The van der Waals surface area contributed by atoms with Gasteiger partial charge in [-0.15, -0.1) is 12.4 Å². The Morgan fingerprint density at radius 3 is 2.48 bits per heavy atom. The van der Waals surface area contributed by atoms with Crippen molar-refractivity contribution in [2.75, 3.05) is 25.5 Å². The predicted molar refractivity (Wildman–Crippen MR) is 127 cm³/mol. The fourth-order valence-electron chi connectivity index (χ4n) is 4.51. The zero-order valence-electron chi connectivity index (χ0n) is 16.9. The lowest BCUT2D eigenvalue weighted by atomic mass is 10.0. The maximum Gasteiger partial charge on any atom is 0.163 e. The summed E-state index contributed by atoms with van der Waals surface area (Å²) in [5.74, 6) is 3.48. The van der Waals surface area contributed by atoms with Crippen LogP contribution in [0.3, 0.4) is 0 Å². The Morgan fingerprint density at radius 1 is 1.00 bits per heavy atom. The van der Waals surface area contributed by atoms with Crippen LogP contribution in [-0.2, 0) is 0 Å². The SMILES string of the molecule is COc1cc2c(Nc3ccc(Cl)c(Cl)c3)ncnc2cc1O[C@@H]1C[C@H]2CNC[C@H]2C1.Cl. The summed E-state index contributed by atoms with van der Waals surface area (Å²) in [6.07, 6.45) is 3.90. The number of rotatable bonds is 5. The van der Waals surface area contributed by atoms with Crippen molar-refractivity contribution in [1.82, 2.24) is 15.3 Å². The van der Waals surface area contributed by atoms with Crippen molar-refractivity contribution in [2.45, 2.75) is 18.9 Å². The molecular weight excluding hydrogens is 459 g/mol. The van der Waals surface area contributed by atoms with Crippen molar-refractivity contribution in [1.29, 1.82) is 0 Å². The second kappa shape index (κ2) is 9.25. The van der Waals surface area contributed by atoms with Gasteiger partial charge in [-0.2, -0.15) is 0 Å². The minimum absolute atomic E-state index is 0. The lowest BCUT2D eigenvalue weighted by molar-refractivity contribution is 0.191. The molecule has 164 valence electrons. The Bertz CT molecular complexity index is 1090. The first-order valence-electron chi connectivity index (χ1n) is 10.0. The Morgan fingerprint density at radius 2 is 1.77 bits per heavy atom. The van der Waals surface area contributed by atoms with Crippen LogP contribution in [0.2, 0.25) is 10.0 Å². The van der Waals surface area contributed by atoms with Crippen molar-refractivity contribution in [3.63, 3.8) is 0 Å². The van der Waals surface area contributed by atoms with Gasteiger partial charge in [-0.05, 0) is 62.0 Å². The number of ether oxygens (including phenoxy) is 2. The number of nitrogens with zero attached hydrogens (tertiary/aromatic N) is 2. The molecule has 6 nitrogen and oxygen atoms in total. The van der Waals surface area contributed by atoms with E-state index in [9.17, 15) is 0 Å². The van der Waals surface area contributed by atoms with Crippen molar-refractivity contribution in [3.8, 4) is 11.5 Å². The highest BCUT2D eigenvalue weighted by atomic mass is 35.5. The molecule has 1 aromatic heterocycles. The van der Waals surface area contributed by atoms with Crippen LogP contribution in [-0.4, -0.2) is 36.3 Å². The minimum Gasteiger partial charge on any atom is -0.493 e. The molecule has 1 aliphatic carbocycles. The Labute approximate surface area is 197 Å². The highest BCUT2D eigenvalue weighted by Crippen LogP contribution is 2.40. The van der Waals surface area contributed by atoms with E-state index in [0.717, 1.165) is 48.3 Å². The number of hydrogen-bond donors (Lipinski definition) is 2. The van der Waals surface area contributed by atoms with E-state index < -0.39 is 0 Å². The summed E-state index contributed by atoms with van der Waals surface area (Å²) in [7, 11) is 1.65. The third-order valence-electron chi connectivity index (χ3n) is 6.01. The van der Waals surface area contributed by atoms with E-state index in [0.29, 0.717) is 33.4 Å². The van der Waals surface area contributed by atoms with E-state index in [4.69, 9.17) is 32.7 Å². The number of hydrogen-bond acceptors (Lipinski definition) is 6. The van der Waals surface area contributed by atoms with Gasteiger partial charge in [0.15, 0.2) is 11.5 Å². The molecule has 0 unspecified atom stereocenters. The van der Waals surface area contributed by atoms with Crippen LogP contribution in [0.1, 0.15) is 12.8 Å². The fourth-order valence-corrected chi connectivity index (χ4v) is 4.81. The number of benzene rings is 2. The molecule has 0 spiro atoms. The molecule has 0 radical (unpaired) electrons. The molecule has 1 saturated heterocycles. The Balaban J connectivity index is 0.00000231. The number of fused-ring (bicyclic) bond motifs is 2. The first-order chi connectivity index (χ1) is 14.6. The first kappa shape index (κ1) is 22.2. The molecule has 1 saturated carbocycles. The number of halogens is 3. The third kappa shape index (κ3) is 4.48. The van der Waals surface area contributed by atoms with Gasteiger partial charge in [-0.25, -0.2) is 9.97 Å². The van der Waals surface area contributed by atoms with Gasteiger partial charge in [0.2, 0.25) is 0 Å². The van der Waals surface area contributed by atoms with Crippen LogP contribution in [0.5, 0.6) is 11.5 Å². The molecule has 2 N–H and O–H groups in total. The summed E-state index contributed by atoms with van der Waals surface area (Å²) in [6.45, 7) is 2.19. The number of nitrogens with one attached hydrogen (secondary N) is 2. The first-order valence-corrected chi connectivity index (χ1v) is 10.8. The highest BCUT2D eigenvalue weighted by Gasteiger charge is 2.38. The molecule has 1 aliphatic heterocycles. The second-order valence-electron chi connectivity index (χ2n) is 7.89. The summed E-state index contributed by atoms with van der Waals surface area (Å²) < 4.78 is 12.0. The van der Waals surface area contributed by atoms with E-state index in [2.05, 4.69) is 20.6 Å². The average Bonchev–Trinajstić information content (AvgIpc) is 3.32. The van der Waals surface area contributed by atoms with Crippen molar-refractivity contribution < 1.29 is 9.47 Å². The van der Waals surface area contributed by atoms with E-state index in [1.54, 1.807) is 19.2 Å². The predicted octanol–water partition coefficient (Wildman–Crippen LogP) is 5.49. The van der Waals surface area contributed by atoms with Gasteiger partial charge in [0.05, 0.1) is 28.8 Å². The molecule has 9 heteroatoms. The molecule has 0 bridgehead atoms. The minimum atomic E-state index is 0. The Hall–Kier alpha value is -1.99. The fraction of sp³-hybridized carbons (Fsp3) is 0.364. The number of aromatic nitrogens is 2. The van der Waals surface area contributed by atoms with Gasteiger partial charge in [-0.1, -0.05) is 23.2 Å². The molecule has 5 rings (SSSR count). The molecule has 2 aromatic carbocycles. The smallest absolute Gasteiger partial charge is 0.163 e. The quantitative estimate of drug-likeness (QED) is 0.502. The van der Waals surface area contributed by atoms with Crippen LogP contribution in [0.25, 0.3) is 10.9 Å². The summed E-state index contributed by atoms with van der Waals surface area (Å²) in [5.41, 5.74) is 1.57. The zero-order valence-corrected chi connectivity index (χ0v) is 19.2. The van der Waals surface area contributed by atoms with Gasteiger partial charge in [0.25, 0.3) is 0 Å². The van der Waals surface area contributed by atoms with E-state index in [1.807, 2.05) is 18.2 Å². The maximum absolute atomic E-state index is 6.36. The van der Waals surface area contributed by atoms with E-state index in [-0.39, 0.29) is 18.5 Å². The van der Waals surface area contributed by atoms with Crippen LogP contribution >= 0.6 is 35.6 Å². The summed E-state index contributed by atoms with van der Waals surface area (Å²) in [5, 5.41) is 8.57. The summed E-state index contributed by atoms with van der Waals surface area (Å²) in [6, 6.07) is 9.21. The van der Waals surface area contributed by atoms with Gasteiger partial charge in [0.1, 0.15) is 12.1 Å². The number of anilines is 2. The molecule has 31 heavy (non-hydrogen) atoms. The van der Waals surface area contributed by atoms with Crippen LogP contribution in [0.15, 0.2) is 36.7 Å².